The summed E-state index contributed by atoms with van der Waals surface area (Å²) in [6, 6.07) is 6.30. The van der Waals surface area contributed by atoms with E-state index in [4.69, 9.17) is 5.73 Å². The summed E-state index contributed by atoms with van der Waals surface area (Å²) in [4.78, 5) is 5.76. The third-order valence-corrected chi connectivity index (χ3v) is 4.24. The van der Waals surface area contributed by atoms with E-state index in [0.29, 0.717) is 0 Å². The minimum atomic E-state index is 0.263. The van der Waals surface area contributed by atoms with Crippen molar-refractivity contribution in [2.24, 2.45) is 0 Å². The maximum atomic E-state index is 5.82. The third kappa shape index (κ3) is 2.64. The summed E-state index contributed by atoms with van der Waals surface area (Å²) in [5.74, 6) is 0. The van der Waals surface area contributed by atoms with Gasteiger partial charge in [-0.15, -0.1) is 11.3 Å². The van der Waals surface area contributed by atoms with Crippen LogP contribution in [0, 0.1) is 20.8 Å². The van der Waals surface area contributed by atoms with Crippen LogP contribution in [0.3, 0.4) is 0 Å². The summed E-state index contributed by atoms with van der Waals surface area (Å²) in [5, 5.41) is 4.61. The van der Waals surface area contributed by atoms with Gasteiger partial charge in [-0.25, -0.2) is 4.98 Å². The van der Waals surface area contributed by atoms with E-state index >= 15 is 0 Å². The molecule has 1 atom stereocenters. The average molecular weight is 261 g/mol. The van der Waals surface area contributed by atoms with Crippen LogP contribution >= 0.6 is 11.3 Å². The van der Waals surface area contributed by atoms with Gasteiger partial charge >= 0.3 is 0 Å². The summed E-state index contributed by atoms with van der Waals surface area (Å²) in [7, 11) is 0. The Hall–Kier alpha value is -1.55. The molecular formula is C14H19N3S. The third-order valence-electron chi connectivity index (χ3n) is 2.99. The Morgan fingerprint density at radius 2 is 2.00 bits per heavy atom. The second kappa shape index (κ2) is 4.98. The van der Waals surface area contributed by atoms with Gasteiger partial charge in [-0.05, 0) is 51.5 Å². The topological polar surface area (TPSA) is 50.9 Å². The minimum Gasteiger partial charge on any atom is -0.399 e. The lowest BCUT2D eigenvalue weighted by molar-refractivity contribution is 0.889. The molecule has 0 saturated carbocycles. The Balaban J connectivity index is 2.18. The summed E-state index contributed by atoms with van der Waals surface area (Å²) in [5.41, 5.74) is 9.97. The van der Waals surface area contributed by atoms with E-state index in [9.17, 15) is 0 Å². The average Bonchev–Trinajstić information content (AvgIpc) is 2.63. The van der Waals surface area contributed by atoms with Crippen molar-refractivity contribution in [3.63, 3.8) is 0 Å². The molecule has 2 aromatic rings. The number of nitrogen functional groups attached to an aromatic ring is 1. The number of hydrogen-bond acceptors (Lipinski definition) is 4. The van der Waals surface area contributed by atoms with Crippen molar-refractivity contribution in [1.29, 1.82) is 0 Å². The lowest BCUT2D eigenvalue weighted by Gasteiger charge is -2.15. The molecule has 0 aliphatic rings. The number of hydrogen-bond donors (Lipinski definition) is 2. The normalized spacial score (nSPS) is 12.4. The van der Waals surface area contributed by atoms with E-state index in [-0.39, 0.29) is 6.04 Å². The van der Waals surface area contributed by atoms with Crippen molar-refractivity contribution in [2.45, 2.75) is 33.7 Å². The summed E-state index contributed by atoms with van der Waals surface area (Å²) in [6.45, 7) is 8.28. The monoisotopic (exact) mass is 261 g/mol. The van der Waals surface area contributed by atoms with Crippen molar-refractivity contribution in [3.05, 3.63) is 39.3 Å². The molecule has 18 heavy (non-hydrogen) atoms. The second-order valence-electron chi connectivity index (χ2n) is 4.62. The first-order valence-electron chi connectivity index (χ1n) is 6.04. The molecule has 0 amide bonds. The molecule has 1 heterocycles. The highest BCUT2D eigenvalue weighted by Crippen LogP contribution is 2.28. The molecule has 3 N–H and O–H groups in total. The molecule has 0 saturated heterocycles. The van der Waals surface area contributed by atoms with Crippen LogP contribution in [0.25, 0.3) is 0 Å². The molecule has 0 aliphatic carbocycles. The Labute approximate surface area is 112 Å². The molecule has 1 unspecified atom stereocenters. The number of anilines is 2. The molecule has 2 rings (SSSR count). The second-order valence-corrected chi connectivity index (χ2v) is 5.85. The van der Waals surface area contributed by atoms with Crippen LogP contribution in [0.4, 0.5) is 11.4 Å². The Bertz CT molecular complexity index is 560. The van der Waals surface area contributed by atoms with E-state index < -0.39 is 0 Å². The zero-order valence-electron chi connectivity index (χ0n) is 11.2. The largest absolute Gasteiger partial charge is 0.399 e. The predicted molar refractivity (Wildman–Crippen MR) is 79.2 cm³/mol. The fourth-order valence-electron chi connectivity index (χ4n) is 2.03. The predicted octanol–water partition coefficient (Wildman–Crippen LogP) is 3.82. The first kappa shape index (κ1) is 12.9. The molecule has 0 aliphatic heterocycles. The van der Waals surface area contributed by atoms with Gasteiger partial charge in [-0.2, -0.15) is 0 Å². The lowest BCUT2D eigenvalue weighted by Crippen LogP contribution is -2.06. The highest BCUT2D eigenvalue weighted by molar-refractivity contribution is 7.11. The lowest BCUT2D eigenvalue weighted by atomic mass is 10.1. The van der Waals surface area contributed by atoms with Gasteiger partial charge in [0.25, 0.3) is 0 Å². The van der Waals surface area contributed by atoms with Gasteiger partial charge in [0.2, 0.25) is 0 Å². The Morgan fingerprint density at radius 1 is 1.28 bits per heavy atom. The van der Waals surface area contributed by atoms with E-state index in [1.54, 1.807) is 11.3 Å². The van der Waals surface area contributed by atoms with Crippen LogP contribution < -0.4 is 11.1 Å². The molecule has 0 spiro atoms. The maximum Gasteiger partial charge on any atom is 0.0900 e. The van der Waals surface area contributed by atoms with Crippen molar-refractivity contribution >= 4 is 22.7 Å². The van der Waals surface area contributed by atoms with E-state index in [0.717, 1.165) is 27.6 Å². The van der Waals surface area contributed by atoms with Crippen LogP contribution in [0.1, 0.15) is 34.1 Å². The molecular weight excluding hydrogens is 242 g/mol. The molecule has 1 aromatic heterocycles. The van der Waals surface area contributed by atoms with Crippen LogP contribution in [-0.2, 0) is 0 Å². The number of aryl methyl sites for hydroxylation is 3. The number of thiazole rings is 1. The van der Waals surface area contributed by atoms with Crippen LogP contribution in [-0.4, -0.2) is 4.98 Å². The first-order chi connectivity index (χ1) is 8.47. The highest BCUT2D eigenvalue weighted by Gasteiger charge is 2.12. The summed E-state index contributed by atoms with van der Waals surface area (Å²) >= 11 is 1.75. The van der Waals surface area contributed by atoms with Crippen LogP contribution in [0.5, 0.6) is 0 Å². The van der Waals surface area contributed by atoms with Gasteiger partial charge < -0.3 is 11.1 Å². The van der Waals surface area contributed by atoms with E-state index in [1.165, 1.54) is 4.88 Å². The number of rotatable bonds is 3. The van der Waals surface area contributed by atoms with Gasteiger partial charge in [-0.3, -0.25) is 0 Å². The van der Waals surface area contributed by atoms with E-state index in [2.05, 4.69) is 30.2 Å². The van der Waals surface area contributed by atoms with Crippen molar-refractivity contribution in [2.75, 3.05) is 11.1 Å². The minimum absolute atomic E-state index is 0.263. The number of nitrogens with zero attached hydrogens (tertiary/aromatic N) is 1. The van der Waals surface area contributed by atoms with Gasteiger partial charge in [0.1, 0.15) is 0 Å². The molecule has 0 fully saturated rings. The smallest absolute Gasteiger partial charge is 0.0900 e. The Morgan fingerprint density at radius 3 is 2.56 bits per heavy atom. The van der Waals surface area contributed by atoms with Crippen LogP contribution in [0.2, 0.25) is 0 Å². The quantitative estimate of drug-likeness (QED) is 0.826. The van der Waals surface area contributed by atoms with E-state index in [1.807, 2.05) is 26.0 Å². The van der Waals surface area contributed by atoms with Gasteiger partial charge in [0.15, 0.2) is 0 Å². The molecule has 3 nitrogen and oxygen atoms in total. The number of benzene rings is 1. The molecule has 1 aromatic carbocycles. The molecule has 0 bridgehead atoms. The van der Waals surface area contributed by atoms with Crippen molar-refractivity contribution < 1.29 is 0 Å². The molecule has 0 radical (unpaired) electrons. The van der Waals surface area contributed by atoms with Crippen LogP contribution in [0.15, 0.2) is 18.2 Å². The number of nitrogens with two attached hydrogens (primary N) is 1. The first-order valence-corrected chi connectivity index (χ1v) is 6.85. The summed E-state index contributed by atoms with van der Waals surface area (Å²) < 4.78 is 0. The van der Waals surface area contributed by atoms with Gasteiger partial charge in [0.05, 0.1) is 16.7 Å². The summed E-state index contributed by atoms with van der Waals surface area (Å²) in [6.07, 6.45) is 0. The SMILES string of the molecule is Cc1nc(C)c(C(C)Nc2ccc(N)c(C)c2)s1. The zero-order valence-corrected chi connectivity index (χ0v) is 12.1. The fraction of sp³-hybridized carbons (Fsp3) is 0.357. The Kier molecular flexibility index (Phi) is 3.57. The standard InChI is InChI=1S/C14H19N3S/c1-8-7-12(5-6-13(8)15)17-10(3)14-9(2)16-11(4)18-14/h5-7,10,17H,15H2,1-4H3. The van der Waals surface area contributed by atoms with Crippen molar-refractivity contribution in [3.8, 4) is 0 Å². The maximum absolute atomic E-state index is 5.82. The highest BCUT2D eigenvalue weighted by atomic mass is 32.1. The van der Waals surface area contributed by atoms with Gasteiger partial charge in [-0.1, -0.05) is 0 Å². The van der Waals surface area contributed by atoms with Gasteiger partial charge in [0, 0.05) is 16.3 Å². The molecule has 4 heteroatoms. The number of nitrogens with one attached hydrogen (secondary N) is 1. The number of aromatic nitrogens is 1. The fourth-order valence-corrected chi connectivity index (χ4v) is 2.96. The molecule has 96 valence electrons. The zero-order chi connectivity index (χ0) is 13.3. The van der Waals surface area contributed by atoms with Crippen molar-refractivity contribution in [1.82, 2.24) is 4.98 Å².